The Kier molecular flexibility index (Phi) is 5.78. The number of aryl methyl sites for hydroxylation is 2. The third-order valence-corrected chi connectivity index (χ3v) is 5.44. The Labute approximate surface area is 187 Å². The number of benzene rings is 3. The van der Waals surface area contributed by atoms with Crippen molar-refractivity contribution in [2.45, 2.75) is 26.7 Å². The Morgan fingerprint density at radius 3 is 1.72 bits per heavy atom. The van der Waals surface area contributed by atoms with Gasteiger partial charge in [-0.3, -0.25) is 0 Å². The van der Waals surface area contributed by atoms with Gasteiger partial charge in [0, 0.05) is 11.1 Å². The van der Waals surface area contributed by atoms with E-state index in [4.69, 9.17) is 9.47 Å². The molecule has 0 saturated heterocycles. The molecule has 0 aliphatic heterocycles. The fraction of sp³-hybridized carbons (Fsp3) is 0.143. The van der Waals surface area contributed by atoms with Crippen molar-refractivity contribution in [1.82, 2.24) is 0 Å². The Hall–Kier alpha value is -3.92. The molecule has 1 aliphatic carbocycles. The molecule has 0 N–H and O–H groups in total. The first kappa shape index (κ1) is 21.3. The minimum absolute atomic E-state index is 0.366. The van der Waals surface area contributed by atoms with Crippen LogP contribution in [0.4, 0.5) is 0 Å². The first-order valence-electron chi connectivity index (χ1n) is 10.4. The van der Waals surface area contributed by atoms with Crippen LogP contribution < -0.4 is 9.47 Å². The molecule has 0 saturated carbocycles. The molecule has 0 aromatic heterocycles. The Morgan fingerprint density at radius 2 is 1.12 bits per heavy atom. The zero-order chi connectivity index (χ0) is 22.8. The van der Waals surface area contributed by atoms with Gasteiger partial charge in [0.2, 0.25) is 0 Å². The summed E-state index contributed by atoms with van der Waals surface area (Å²) in [4.78, 5) is 23.5. The van der Waals surface area contributed by atoms with Crippen LogP contribution in [0.1, 0.15) is 25.0 Å². The monoisotopic (exact) mass is 424 g/mol. The maximum Gasteiger partial charge on any atom is 0.338 e. The number of carbonyl (C=O) groups is 2. The summed E-state index contributed by atoms with van der Waals surface area (Å²) in [5, 5.41) is 0. The zero-order valence-electron chi connectivity index (χ0n) is 18.2. The highest BCUT2D eigenvalue weighted by Gasteiger charge is 2.18. The van der Waals surface area contributed by atoms with Crippen LogP contribution >= 0.6 is 0 Å². The van der Waals surface area contributed by atoms with E-state index in [-0.39, 0.29) is 0 Å². The lowest BCUT2D eigenvalue weighted by Crippen LogP contribution is -2.09. The van der Waals surface area contributed by atoms with Gasteiger partial charge >= 0.3 is 11.9 Å². The summed E-state index contributed by atoms with van der Waals surface area (Å²) in [5.41, 5.74) is 7.70. The molecule has 3 aromatic carbocycles. The van der Waals surface area contributed by atoms with Crippen LogP contribution in [0, 0.1) is 0 Å². The molecule has 160 valence electrons. The van der Waals surface area contributed by atoms with Crippen molar-refractivity contribution in [3.05, 3.63) is 96.1 Å². The summed E-state index contributed by atoms with van der Waals surface area (Å²) in [6, 6.07) is 19.7. The third kappa shape index (κ3) is 4.40. The maximum atomic E-state index is 11.8. The van der Waals surface area contributed by atoms with Gasteiger partial charge in [-0.05, 0) is 84.3 Å². The van der Waals surface area contributed by atoms with Crippen LogP contribution in [0.2, 0.25) is 0 Å². The lowest BCUT2D eigenvalue weighted by Gasteiger charge is -2.21. The van der Waals surface area contributed by atoms with E-state index >= 15 is 0 Å². The molecule has 4 heteroatoms. The Morgan fingerprint density at radius 1 is 0.656 bits per heavy atom. The van der Waals surface area contributed by atoms with Gasteiger partial charge in [-0.1, -0.05) is 49.6 Å². The topological polar surface area (TPSA) is 52.6 Å². The smallest absolute Gasteiger partial charge is 0.338 e. The van der Waals surface area contributed by atoms with Gasteiger partial charge in [-0.2, -0.15) is 0 Å². The number of hydrogen-bond acceptors (Lipinski definition) is 4. The molecule has 4 rings (SSSR count). The van der Waals surface area contributed by atoms with Gasteiger partial charge in [0.15, 0.2) is 0 Å². The van der Waals surface area contributed by atoms with Crippen LogP contribution in [0.5, 0.6) is 11.5 Å². The molecule has 3 aromatic rings. The molecule has 0 radical (unpaired) electrons. The third-order valence-electron chi connectivity index (χ3n) is 5.44. The van der Waals surface area contributed by atoms with E-state index in [2.05, 4.69) is 31.4 Å². The number of fused-ring (bicyclic) bond motifs is 3. The fourth-order valence-electron chi connectivity index (χ4n) is 3.72. The number of rotatable bonds is 5. The van der Waals surface area contributed by atoms with Crippen molar-refractivity contribution >= 4 is 11.9 Å². The number of hydrogen-bond donors (Lipinski definition) is 0. The first-order chi connectivity index (χ1) is 15.3. The van der Waals surface area contributed by atoms with E-state index in [1.54, 1.807) is 26.0 Å². The largest absolute Gasteiger partial charge is 0.423 e. The minimum atomic E-state index is -0.428. The molecule has 32 heavy (non-hydrogen) atoms. The molecule has 0 unspecified atom stereocenters. The summed E-state index contributed by atoms with van der Waals surface area (Å²) >= 11 is 0. The zero-order valence-corrected chi connectivity index (χ0v) is 18.2. The standard InChI is InChI=1S/C28H24O4/c1-17(2)27(29)31-23-10-7-19(8-11-23)20-9-13-25-21(15-20)5-6-22-16-24(12-14-26(22)25)32-28(30)18(3)4/h7-16H,1,3,5-6H2,2,4H3. The summed E-state index contributed by atoms with van der Waals surface area (Å²) < 4.78 is 10.6. The van der Waals surface area contributed by atoms with Gasteiger partial charge in [-0.15, -0.1) is 0 Å². The Bertz CT molecular complexity index is 1250. The SMILES string of the molecule is C=C(C)C(=O)Oc1ccc(-c2ccc3c(c2)CCc2cc(OC(=O)C(=C)C)ccc2-3)cc1. The Balaban J connectivity index is 1.56. The molecule has 0 spiro atoms. The van der Waals surface area contributed by atoms with Crippen molar-refractivity contribution in [2.24, 2.45) is 0 Å². The van der Waals surface area contributed by atoms with E-state index in [0.29, 0.717) is 22.6 Å². The van der Waals surface area contributed by atoms with E-state index in [1.807, 2.05) is 30.3 Å². The molecule has 0 bridgehead atoms. The van der Waals surface area contributed by atoms with Gasteiger partial charge in [-0.25, -0.2) is 9.59 Å². The molecule has 0 amide bonds. The molecule has 4 nitrogen and oxygen atoms in total. The number of carbonyl (C=O) groups excluding carboxylic acids is 2. The summed E-state index contributed by atoms with van der Waals surface area (Å²) in [6.45, 7) is 10.5. The molecular weight excluding hydrogens is 400 g/mol. The van der Waals surface area contributed by atoms with Crippen LogP contribution in [-0.4, -0.2) is 11.9 Å². The van der Waals surface area contributed by atoms with Crippen LogP contribution in [0.3, 0.4) is 0 Å². The first-order valence-corrected chi connectivity index (χ1v) is 10.4. The highest BCUT2D eigenvalue weighted by molar-refractivity contribution is 5.89. The van der Waals surface area contributed by atoms with Crippen molar-refractivity contribution in [2.75, 3.05) is 0 Å². The van der Waals surface area contributed by atoms with Gasteiger partial charge < -0.3 is 9.47 Å². The lowest BCUT2D eigenvalue weighted by molar-refractivity contribution is -0.130. The highest BCUT2D eigenvalue weighted by atomic mass is 16.5. The van der Waals surface area contributed by atoms with E-state index in [0.717, 1.165) is 29.5 Å². The van der Waals surface area contributed by atoms with Gasteiger partial charge in [0.05, 0.1) is 0 Å². The van der Waals surface area contributed by atoms with E-state index in [9.17, 15) is 9.59 Å². The van der Waals surface area contributed by atoms with Crippen LogP contribution in [0.15, 0.2) is 85.0 Å². The van der Waals surface area contributed by atoms with E-state index in [1.165, 1.54) is 16.7 Å². The predicted octanol–water partition coefficient (Wildman–Crippen LogP) is 6.08. The second kappa shape index (κ2) is 8.67. The molecule has 0 atom stereocenters. The van der Waals surface area contributed by atoms with Crippen molar-refractivity contribution < 1.29 is 19.1 Å². The van der Waals surface area contributed by atoms with Crippen molar-refractivity contribution in [1.29, 1.82) is 0 Å². The predicted molar refractivity (Wildman–Crippen MR) is 126 cm³/mol. The maximum absolute atomic E-state index is 11.8. The second-order valence-electron chi connectivity index (χ2n) is 8.05. The van der Waals surface area contributed by atoms with Crippen molar-refractivity contribution in [3.8, 4) is 33.8 Å². The molecule has 0 heterocycles. The minimum Gasteiger partial charge on any atom is -0.423 e. The summed E-state index contributed by atoms with van der Waals surface area (Å²) in [7, 11) is 0. The number of ether oxygens (including phenoxy) is 2. The second-order valence-corrected chi connectivity index (χ2v) is 8.05. The number of esters is 2. The molecule has 0 fully saturated rings. The van der Waals surface area contributed by atoms with Crippen molar-refractivity contribution in [3.63, 3.8) is 0 Å². The summed E-state index contributed by atoms with van der Waals surface area (Å²) in [5.74, 6) is 0.204. The average molecular weight is 424 g/mol. The highest BCUT2D eigenvalue weighted by Crippen LogP contribution is 2.37. The average Bonchev–Trinajstić information content (AvgIpc) is 2.78. The van der Waals surface area contributed by atoms with Crippen LogP contribution in [-0.2, 0) is 22.4 Å². The molecular formula is C28H24O4. The molecule has 1 aliphatic rings. The van der Waals surface area contributed by atoms with E-state index < -0.39 is 11.9 Å². The summed E-state index contributed by atoms with van der Waals surface area (Å²) in [6.07, 6.45) is 1.78. The quantitative estimate of drug-likeness (QED) is 0.283. The van der Waals surface area contributed by atoms with Gasteiger partial charge in [0.1, 0.15) is 11.5 Å². The fourth-order valence-corrected chi connectivity index (χ4v) is 3.72. The normalized spacial score (nSPS) is 11.7. The lowest BCUT2D eigenvalue weighted by atomic mass is 9.84. The van der Waals surface area contributed by atoms with Gasteiger partial charge in [0.25, 0.3) is 0 Å². The van der Waals surface area contributed by atoms with Crippen LogP contribution in [0.25, 0.3) is 22.3 Å².